The first-order valence-electron chi connectivity index (χ1n) is 10.4. The van der Waals surface area contributed by atoms with Gasteiger partial charge in [-0.25, -0.2) is 0 Å². The van der Waals surface area contributed by atoms with Crippen LogP contribution in [0.15, 0.2) is 48.5 Å². The highest BCUT2D eigenvalue weighted by Crippen LogP contribution is 2.35. The van der Waals surface area contributed by atoms with Crippen molar-refractivity contribution in [3.05, 3.63) is 70.8 Å². The first-order chi connectivity index (χ1) is 12.7. The number of hydrogen-bond acceptors (Lipinski definition) is 0. The Morgan fingerprint density at radius 3 is 2.19 bits per heavy atom. The van der Waals surface area contributed by atoms with Gasteiger partial charge < -0.3 is 0 Å². The van der Waals surface area contributed by atoms with Crippen molar-refractivity contribution in [1.29, 1.82) is 0 Å². The van der Waals surface area contributed by atoms with Gasteiger partial charge >= 0.3 is 0 Å². The smallest absolute Gasteiger partial charge is 0.0245 e. The first-order valence-corrected chi connectivity index (χ1v) is 10.4. The maximum Gasteiger partial charge on any atom is 0.0245 e. The molecule has 0 aliphatic heterocycles. The molecule has 1 aliphatic rings. The summed E-state index contributed by atoms with van der Waals surface area (Å²) in [4.78, 5) is 0. The SMILES string of the molecule is CCCCCc1ccc(C#CC2CCC(c3ccc(C)cc3)CC2)cc1. The average Bonchev–Trinajstić information content (AvgIpc) is 2.69. The highest BCUT2D eigenvalue weighted by atomic mass is 14.2. The van der Waals surface area contributed by atoms with Gasteiger partial charge in [0.2, 0.25) is 0 Å². The van der Waals surface area contributed by atoms with Gasteiger partial charge in [0, 0.05) is 11.5 Å². The van der Waals surface area contributed by atoms with Crippen LogP contribution in [0.3, 0.4) is 0 Å². The summed E-state index contributed by atoms with van der Waals surface area (Å²) in [6.07, 6.45) is 10.1. The summed E-state index contributed by atoms with van der Waals surface area (Å²) in [5, 5.41) is 0. The predicted octanol–water partition coefficient (Wildman–Crippen LogP) is 7.05. The van der Waals surface area contributed by atoms with Gasteiger partial charge in [-0.05, 0) is 74.6 Å². The molecule has 1 saturated carbocycles. The van der Waals surface area contributed by atoms with Crippen molar-refractivity contribution < 1.29 is 0 Å². The van der Waals surface area contributed by atoms with E-state index in [4.69, 9.17) is 0 Å². The molecule has 0 heteroatoms. The standard InChI is InChI=1S/C26H32/c1-3-4-5-6-22-9-11-23(12-10-22)13-14-24-15-19-26(20-16-24)25-17-7-21(2)8-18-25/h7-12,17-18,24,26H,3-6,15-16,19-20H2,1-2H3. The Morgan fingerprint density at radius 2 is 1.54 bits per heavy atom. The van der Waals surface area contributed by atoms with Crippen LogP contribution in [0.1, 0.15) is 80.0 Å². The molecule has 1 fully saturated rings. The lowest BCUT2D eigenvalue weighted by Crippen LogP contribution is -2.12. The molecule has 0 atom stereocenters. The second kappa shape index (κ2) is 9.63. The Hall–Kier alpha value is -2.00. The Morgan fingerprint density at radius 1 is 0.846 bits per heavy atom. The van der Waals surface area contributed by atoms with Crippen LogP contribution in [0, 0.1) is 24.7 Å². The minimum absolute atomic E-state index is 0.570. The van der Waals surface area contributed by atoms with Crippen LogP contribution in [-0.2, 0) is 6.42 Å². The maximum absolute atomic E-state index is 3.54. The van der Waals surface area contributed by atoms with Gasteiger partial charge in [-0.2, -0.15) is 0 Å². The summed E-state index contributed by atoms with van der Waals surface area (Å²) in [5.74, 6) is 8.26. The Bertz CT molecular complexity index is 716. The third-order valence-corrected chi connectivity index (χ3v) is 5.72. The second-order valence-corrected chi connectivity index (χ2v) is 7.88. The van der Waals surface area contributed by atoms with Crippen molar-refractivity contribution in [2.45, 2.75) is 71.1 Å². The third-order valence-electron chi connectivity index (χ3n) is 5.72. The Balaban J connectivity index is 1.49. The zero-order valence-corrected chi connectivity index (χ0v) is 16.4. The van der Waals surface area contributed by atoms with Crippen molar-refractivity contribution in [3.63, 3.8) is 0 Å². The van der Waals surface area contributed by atoms with Gasteiger partial charge in [-0.1, -0.05) is 73.6 Å². The van der Waals surface area contributed by atoms with Crippen molar-refractivity contribution in [3.8, 4) is 11.8 Å². The molecule has 2 aromatic carbocycles. The molecule has 26 heavy (non-hydrogen) atoms. The van der Waals surface area contributed by atoms with Gasteiger partial charge in [0.25, 0.3) is 0 Å². The molecule has 3 rings (SSSR count). The number of hydrogen-bond donors (Lipinski definition) is 0. The Kier molecular flexibility index (Phi) is 6.96. The summed E-state index contributed by atoms with van der Waals surface area (Å²) in [7, 11) is 0. The lowest BCUT2D eigenvalue weighted by molar-refractivity contribution is 0.384. The first kappa shape index (κ1) is 18.8. The number of benzene rings is 2. The van der Waals surface area contributed by atoms with E-state index in [2.05, 4.69) is 74.2 Å². The molecule has 0 saturated heterocycles. The van der Waals surface area contributed by atoms with E-state index in [0.717, 1.165) is 5.92 Å². The molecule has 0 spiro atoms. The molecule has 0 heterocycles. The normalized spacial score (nSPS) is 19.6. The van der Waals surface area contributed by atoms with Crippen LogP contribution in [0.2, 0.25) is 0 Å². The van der Waals surface area contributed by atoms with Crippen molar-refractivity contribution >= 4 is 0 Å². The van der Waals surface area contributed by atoms with Crippen LogP contribution in [0.25, 0.3) is 0 Å². The van der Waals surface area contributed by atoms with Crippen LogP contribution in [0.4, 0.5) is 0 Å². The van der Waals surface area contributed by atoms with E-state index in [-0.39, 0.29) is 0 Å². The van der Waals surface area contributed by atoms with E-state index in [1.54, 1.807) is 0 Å². The van der Waals surface area contributed by atoms with E-state index in [1.165, 1.54) is 73.6 Å². The molecule has 0 nitrogen and oxygen atoms in total. The summed E-state index contributed by atoms with van der Waals surface area (Å²) in [5.41, 5.74) is 5.48. The molecular weight excluding hydrogens is 312 g/mol. The zero-order chi connectivity index (χ0) is 18.2. The highest BCUT2D eigenvalue weighted by Gasteiger charge is 2.20. The summed E-state index contributed by atoms with van der Waals surface area (Å²) in [6.45, 7) is 4.42. The van der Waals surface area contributed by atoms with Crippen LogP contribution < -0.4 is 0 Å². The monoisotopic (exact) mass is 344 g/mol. The van der Waals surface area contributed by atoms with E-state index in [1.807, 2.05) is 0 Å². The van der Waals surface area contributed by atoms with Crippen molar-refractivity contribution in [2.24, 2.45) is 5.92 Å². The molecule has 0 aromatic heterocycles. The van der Waals surface area contributed by atoms with E-state index in [9.17, 15) is 0 Å². The van der Waals surface area contributed by atoms with Crippen molar-refractivity contribution in [1.82, 2.24) is 0 Å². The van der Waals surface area contributed by atoms with Crippen LogP contribution in [-0.4, -0.2) is 0 Å². The molecule has 0 radical (unpaired) electrons. The fourth-order valence-electron chi connectivity index (χ4n) is 3.93. The average molecular weight is 345 g/mol. The highest BCUT2D eigenvalue weighted by molar-refractivity contribution is 5.37. The quantitative estimate of drug-likeness (QED) is 0.402. The third kappa shape index (κ3) is 5.50. The lowest BCUT2D eigenvalue weighted by atomic mass is 9.79. The fraction of sp³-hybridized carbons (Fsp3) is 0.462. The van der Waals surface area contributed by atoms with Gasteiger partial charge in [0.1, 0.15) is 0 Å². The van der Waals surface area contributed by atoms with E-state index in [0.29, 0.717) is 5.92 Å². The van der Waals surface area contributed by atoms with E-state index < -0.39 is 0 Å². The van der Waals surface area contributed by atoms with E-state index >= 15 is 0 Å². The molecule has 0 amide bonds. The molecule has 0 unspecified atom stereocenters. The maximum atomic E-state index is 3.54. The Labute approximate surface area is 160 Å². The molecular formula is C26H32. The molecule has 2 aromatic rings. The zero-order valence-electron chi connectivity index (χ0n) is 16.4. The number of rotatable bonds is 5. The largest absolute Gasteiger partial charge is 0.0945 e. The fourth-order valence-corrected chi connectivity index (χ4v) is 3.93. The summed E-state index contributed by atoms with van der Waals surface area (Å²) < 4.78 is 0. The van der Waals surface area contributed by atoms with Crippen LogP contribution >= 0.6 is 0 Å². The topological polar surface area (TPSA) is 0 Å². The summed E-state index contributed by atoms with van der Waals surface area (Å²) >= 11 is 0. The molecule has 0 N–H and O–H groups in total. The van der Waals surface area contributed by atoms with Gasteiger partial charge in [-0.15, -0.1) is 0 Å². The predicted molar refractivity (Wildman–Crippen MR) is 112 cm³/mol. The van der Waals surface area contributed by atoms with Gasteiger partial charge in [-0.3, -0.25) is 0 Å². The minimum Gasteiger partial charge on any atom is -0.0945 e. The summed E-state index contributed by atoms with van der Waals surface area (Å²) in [6, 6.07) is 18.0. The molecule has 136 valence electrons. The van der Waals surface area contributed by atoms with Gasteiger partial charge in [0.05, 0.1) is 0 Å². The molecule has 0 bridgehead atoms. The minimum atomic E-state index is 0.570. The van der Waals surface area contributed by atoms with Crippen LogP contribution in [0.5, 0.6) is 0 Å². The lowest BCUT2D eigenvalue weighted by Gasteiger charge is -2.26. The molecule has 1 aliphatic carbocycles. The number of aryl methyl sites for hydroxylation is 2. The van der Waals surface area contributed by atoms with Crippen molar-refractivity contribution in [2.75, 3.05) is 0 Å². The number of unbranched alkanes of at least 4 members (excludes halogenated alkanes) is 2. The second-order valence-electron chi connectivity index (χ2n) is 7.88. The van der Waals surface area contributed by atoms with Gasteiger partial charge in [0.15, 0.2) is 0 Å².